The van der Waals surface area contributed by atoms with Crippen LogP contribution in [0.1, 0.15) is 36.8 Å². The van der Waals surface area contributed by atoms with Crippen LogP contribution >= 0.6 is 0 Å². The van der Waals surface area contributed by atoms with E-state index in [0.29, 0.717) is 29.9 Å². The molecule has 9 heteroatoms. The lowest BCUT2D eigenvalue weighted by Gasteiger charge is -2.12. The second kappa shape index (κ2) is 9.31. The molecule has 0 saturated heterocycles. The summed E-state index contributed by atoms with van der Waals surface area (Å²) in [6.45, 7) is 7.73. The summed E-state index contributed by atoms with van der Waals surface area (Å²) in [6, 6.07) is 1.72. The zero-order chi connectivity index (χ0) is 20.1. The molecule has 0 spiro atoms. The van der Waals surface area contributed by atoms with Gasteiger partial charge in [0.15, 0.2) is 5.82 Å². The van der Waals surface area contributed by atoms with Crippen molar-refractivity contribution in [3.8, 4) is 0 Å². The SMILES string of the molecule is CCOCc1nc2c(N)nc(C)c(C)c2n1CCCC[S+]([O-])c1ncccn1. The third-order valence-electron chi connectivity index (χ3n) is 4.62. The number of fused-ring (bicyclic) bond motifs is 1. The van der Waals surface area contributed by atoms with Crippen molar-refractivity contribution in [2.24, 2.45) is 0 Å². The van der Waals surface area contributed by atoms with Crippen LogP contribution in [0.3, 0.4) is 0 Å². The first-order chi connectivity index (χ1) is 13.5. The highest BCUT2D eigenvalue weighted by molar-refractivity contribution is 7.91. The van der Waals surface area contributed by atoms with Crippen LogP contribution in [0.25, 0.3) is 11.0 Å². The first-order valence-corrected chi connectivity index (χ1v) is 10.7. The van der Waals surface area contributed by atoms with Gasteiger partial charge in [0.25, 0.3) is 0 Å². The van der Waals surface area contributed by atoms with Gasteiger partial charge in [0.05, 0.1) is 5.52 Å². The minimum atomic E-state index is -1.18. The molecule has 1 unspecified atom stereocenters. The van der Waals surface area contributed by atoms with Crippen LogP contribution in [0.5, 0.6) is 0 Å². The Balaban J connectivity index is 1.75. The van der Waals surface area contributed by atoms with E-state index in [9.17, 15) is 4.55 Å². The summed E-state index contributed by atoms with van der Waals surface area (Å²) in [5.41, 5.74) is 9.81. The van der Waals surface area contributed by atoms with Gasteiger partial charge in [0.1, 0.15) is 23.7 Å². The molecule has 3 rings (SSSR count). The van der Waals surface area contributed by atoms with Crippen LogP contribution in [0, 0.1) is 13.8 Å². The highest BCUT2D eigenvalue weighted by Gasteiger charge is 2.18. The molecule has 0 aromatic carbocycles. The van der Waals surface area contributed by atoms with Crippen LogP contribution in [0.2, 0.25) is 0 Å². The van der Waals surface area contributed by atoms with Crippen LogP contribution in [-0.4, -0.2) is 41.4 Å². The van der Waals surface area contributed by atoms with E-state index in [4.69, 9.17) is 10.5 Å². The molecule has 1 atom stereocenters. The summed E-state index contributed by atoms with van der Waals surface area (Å²) >= 11 is -1.18. The molecule has 8 nitrogen and oxygen atoms in total. The van der Waals surface area contributed by atoms with Crippen LogP contribution < -0.4 is 5.73 Å². The standard InChI is InChI=1S/C19H26N6O2S/c1-4-27-12-15-24-16-17(13(2)14(3)23-18(16)20)25(15)10-5-6-11-28(26)19-21-8-7-9-22-19/h7-9H,4-6,10-12H2,1-3H3,(H2,20,23). The molecule has 0 amide bonds. The van der Waals surface area contributed by atoms with Crippen molar-refractivity contribution >= 4 is 28.0 Å². The molecule has 3 aromatic rings. The predicted molar refractivity (Wildman–Crippen MR) is 109 cm³/mol. The number of nitrogens with zero attached hydrogens (tertiary/aromatic N) is 5. The number of aromatic nitrogens is 5. The van der Waals surface area contributed by atoms with E-state index in [0.717, 1.165) is 47.5 Å². The number of nitrogen functional groups attached to an aromatic ring is 1. The first-order valence-electron chi connectivity index (χ1n) is 9.37. The lowest BCUT2D eigenvalue weighted by molar-refractivity contribution is 0.126. The maximum Gasteiger partial charge on any atom is 0.342 e. The maximum absolute atomic E-state index is 12.3. The number of hydrogen-bond donors (Lipinski definition) is 1. The Hall–Kier alpha value is -2.23. The molecule has 0 aliphatic carbocycles. The van der Waals surface area contributed by atoms with E-state index >= 15 is 0 Å². The van der Waals surface area contributed by atoms with Crippen molar-refractivity contribution in [2.75, 3.05) is 18.1 Å². The number of unbranched alkanes of at least 4 members (excludes halogenated alkanes) is 1. The molecule has 2 N–H and O–H groups in total. The summed E-state index contributed by atoms with van der Waals surface area (Å²) < 4.78 is 20.0. The number of hydrogen-bond acceptors (Lipinski definition) is 7. The van der Waals surface area contributed by atoms with E-state index in [2.05, 4.69) is 24.5 Å². The summed E-state index contributed by atoms with van der Waals surface area (Å²) in [4.78, 5) is 17.2. The van der Waals surface area contributed by atoms with Gasteiger partial charge in [-0.25, -0.2) is 9.97 Å². The lowest BCUT2D eigenvalue weighted by Crippen LogP contribution is -2.12. The van der Waals surface area contributed by atoms with Gasteiger partial charge in [0.2, 0.25) is 0 Å². The number of nitrogens with two attached hydrogens (primary N) is 1. The Kier molecular flexibility index (Phi) is 6.82. The number of pyridine rings is 1. The molecule has 0 radical (unpaired) electrons. The minimum Gasteiger partial charge on any atom is -0.609 e. The highest BCUT2D eigenvalue weighted by Crippen LogP contribution is 2.27. The number of aryl methyl sites for hydroxylation is 3. The third kappa shape index (κ3) is 4.43. The maximum atomic E-state index is 12.3. The Morgan fingerprint density at radius 1 is 1.18 bits per heavy atom. The van der Waals surface area contributed by atoms with Crippen molar-refractivity contribution in [2.45, 2.75) is 51.9 Å². The van der Waals surface area contributed by atoms with E-state index in [1.807, 2.05) is 20.8 Å². The van der Waals surface area contributed by atoms with E-state index < -0.39 is 11.2 Å². The number of rotatable bonds is 9. The summed E-state index contributed by atoms with van der Waals surface area (Å²) in [5.74, 6) is 1.81. The fraction of sp³-hybridized carbons (Fsp3) is 0.474. The fourth-order valence-corrected chi connectivity index (χ4v) is 4.09. The molecule has 28 heavy (non-hydrogen) atoms. The van der Waals surface area contributed by atoms with Gasteiger partial charge in [-0.2, -0.15) is 9.97 Å². The second-order valence-electron chi connectivity index (χ2n) is 6.51. The smallest absolute Gasteiger partial charge is 0.342 e. The Morgan fingerprint density at radius 3 is 2.64 bits per heavy atom. The minimum absolute atomic E-state index is 0.387. The molecule has 150 valence electrons. The largest absolute Gasteiger partial charge is 0.609 e. The highest BCUT2D eigenvalue weighted by atomic mass is 32.2. The molecule has 0 aliphatic rings. The third-order valence-corrected chi connectivity index (χ3v) is 5.90. The average molecular weight is 403 g/mol. The Labute approximate surface area is 167 Å². The van der Waals surface area contributed by atoms with Gasteiger partial charge in [-0.1, -0.05) is 0 Å². The molecule has 0 bridgehead atoms. The fourth-order valence-electron chi connectivity index (χ4n) is 3.09. The number of anilines is 1. The van der Waals surface area contributed by atoms with E-state index in [-0.39, 0.29) is 0 Å². The van der Waals surface area contributed by atoms with Crippen molar-refractivity contribution in [1.29, 1.82) is 0 Å². The molecular weight excluding hydrogens is 376 g/mol. The van der Waals surface area contributed by atoms with Crippen molar-refractivity contribution < 1.29 is 9.29 Å². The second-order valence-corrected chi connectivity index (χ2v) is 7.97. The lowest BCUT2D eigenvalue weighted by atomic mass is 10.2. The molecule has 0 fully saturated rings. The topological polar surface area (TPSA) is 115 Å². The van der Waals surface area contributed by atoms with Crippen molar-refractivity contribution in [3.63, 3.8) is 0 Å². The van der Waals surface area contributed by atoms with Gasteiger partial charge >= 0.3 is 5.16 Å². The zero-order valence-corrected chi connectivity index (χ0v) is 17.3. The molecule has 0 saturated carbocycles. The summed E-state index contributed by atoms with van der Waals surface area (Å²) in [5, 5.41) is 0.387. The van der Waals surface area contributed by atoms with E-state index in [1.54, 1.807) is 18.5 Å². The van der Waals surface area contributed by atoms with Gasteiger partial charge < -0.3 is 19.6 Å². The summed E-state index contributed by atoms with van der Waals surface area (Å²) in [6.07, 6.45) is 4.86. The monoisotopic (exact) mass is 402 g/mol. The van der Waals surface area contributed by atoms with Crippen LogP contribution in [-0.2, 0) is 29.1 Å². The zero-order valence-electron chi connectivity index (χ0n) is 16.5. The molecule has 3 heterocycles. The van der Waals surface area contributed by atoms with Crippen LogP contribution in [0.4, 0.5) is 5.82 Å². The van der Waals surface area contributed by atoms with Gasteiger partial charge in [-0.05, 0) is 45.2 Å². The summed E-state index contributed by atoms with van der Waals surface area (Å²) in [7, 11) is 0. The van der Waals surface area contributed by atoms with Gasteiger partial charge in [-0.3, -0.25) is 0 Å². The average Bonchev–Trinajstić information content (AvgIpc) is 3.07. The van der Waals surface area contributed by atoms with Crippen molar-refractivity contribution in [1.82, 2.24) is 24.5 Å². The number of ether oxygens (including phenoxy) is 1. The first kappa shape index (κ1) is 20.5. The van der Waals surface area contributed by atoms with Gasteiger partial charge in [-0.15, -0.1) is 0 Å². The molecular formula is C19H26N6O2S. The predicted octanol–water partition coefficient (Wildman–Crippen LogP) is 2.54. The van der Waals surface area contributed by atoms with E-state index in [1.165, 1.54) is 0 Å². The van der Waals surface area contributed by atoms with Crippen molar-refractivity contribution in [3.05, 3.63) is 35.5 Å². The molecule has 3 aromatic heterocycles. The Bertz CT molecular complexity index is 931. The Morgan fingerprint density at radius 2 is 1.93 bits per heavy atom. The van der Waals surface area contributed by atoms with Crippen LogP contribution in [0.15, 0.2) is 23.6 Å². The van der Waals surface area contributed by atoms with Gasteiger partial charge in [0, 0.05) is 42.4 Å². The molecule has 0 aliphatic heterocycles. The number of imidazole rings is 1. The quantitative estimate of drug-likeness (QED) is 0.332. The normalized spacial score (nSPS) is 12.6.